The first kappa shape index (κ1) is 17.4. The first-order valence-electron chi connectivity index (χ1n) is 6.93. The summed E-state index contributed by atoms with van der Waals surface area (Å²) in [6.45, 7) is 5.84. The van der Waals surface area contributed by atoms with Gasteiger partial charge in [-0.3, -0.25) is 0 Å². The smallest absolute Gasteiger partial charge is 0.337 e. The molecule has 3 N–H and O–H groups in total. The van der Waals surface area contributed by atoms with Crippen LogP contribution in [0.15, 0.2) is 18.2 Å². The van der Waals surface area contributed by atoms with Crippen LogP contribution in [-0.4, -0.2) is 34.7 Å². The van der Waals surface area contributed by atoms with E-state index in [0.29, 0.717) is 5.69 Å². The predicted molar refractivity (Wildman–Crippen MR) is 87.4 cm³/mol. The van der Waals surface area contributed by atoms with Crippen molar-refractivity contribution in [2.75, 3.05) is 16.8 Å². The lowest BCUT2D eigenvalue weighted by Crippen LogP contribution is -2.36. The number of carbonyl (C=O) groups excluding carboxylic acids is 1. The average Bonchev–Trinajstić information content (AvgIpc) is 2.40. The first-order valence-corrected chi connectivity index (χ1v) is 8.08. The highest BCUT2D eigenvalue weighted by atomic mass is 32.2. The van der Waals surface area contributed by atoms with Crippen molar-refractivity contribution < 1.29 is 14.7 Å². The number of carboxylic acids is 1. The van der Waals surface area contributed by atoms with Gasteiger partial charge in [0, 0.05) is 6.04 Å². The number of aromatic carboxylic acids is 1. The fourth-order valence-corrected chi connectivity index (χ4v) is 2.61. The molecule has 1 aromatic carbocycles. The van der Waals surface area contributed by atoms with E-state index in [-0.39, 0.29) is 17.6 Å². The van der Waals surface area contributed by atoms with Crippen molar-refractivity contribution in [1.29, 1.82) is 0 Å². The van der Waals surface area contributed by atoms with Gasteiger partial charge in [-0.15, -0.1) is 0 Å². The van der Waals surface area contributed by atoms with Crippen LogP contribution in [0.2, 0.25) is 0 Å². The van der Waals surface area contributed by atoms with Gasteiger partial charge >= 0.3 is 12.0 Å². The molecule has 1 unspecified atom stereocenters. The molecule has 6 heteroatoms. The second kappa shape index (κ2) is 8.56. The number of nitrogens with one attached hydrogen (secondary N) is 2. The van der Waals surface area contributed by atoms with Crippen LogP contribution in [0.4, 0.5) is 10.5 Å². The minimum Gasteiger partial charge on any atom is -0.478 e. The van der Waals surface area contributed by atoms with Crippen molar-refractivity contribution in [2.45, 2.75) is 33.2 Å². The lowest BCUT2D eigenvalue weighted by Gasteiger charge is -2.15. The van der Waals surface area contributed by atoms with Crippen LogP contribution in [0.25, 0.3) is 0 Å². The summed E-state index contributed by atoms with van der Waals surface area (Å²) in [5.41, 5.74) is 1.24. The topological polar surface area (TPSA) is 78.4 Å². The molecule has 1 atom stereocenters. The molecule has 0 bridgehead atoms. The molecule has 0 aliphatic carbocycles. The van der Waals surface area contributed by atoms with Crippen molar-refractivity contribution >= 4 is 29.4 Å². The first-order chi connectivity index (χ1) is 9.93. The Kier molecular flexibility index (Phi) is 7.08. The normalized spacial score (nSPS) is 11.8. The van der Waals surface area contributed by atoms with Gasteiger partial charge in [-0.25, -0.2) is 9.59 Å². The zero-order valence-corrected chi connectivity index (χ0v) is 13.4. The summed E-state index contributed by atoms with van der Waals surface area (Å²) in [6.07, 6.45) is 0.881. The van der Waals surface area contributed by atoms with Crippen LogP contribution in [0.3, 0.4) is 0 Å². The van der Waals surface area contributed by atoms with E-state index in [0.717, 1.165) is 23.5 Å². The van der Waals surface area contributed by atoms with Gasteiger partial charge in [0.2, 0.25) is 0 Å². The largest absolute Gasteiger partial charge is 0.478 e. The van der Waals surface area contributed by atoms with E-state index in [1.165, 1.54) is 0 Å². The van der Waals surface area contributed by atoms with Crippen LogP contribution in [0.5, 0.6) is 0 Å². The Hall–Kier alpha value is -1.69. The van der Waals surface area contributed by atoms with Crippen LogP contribution >= 0.6 is 11.8 Å². The molecule has 2 amide bonds. The lowest BCUT2D eigenvalue weighted by molar-refractivity contribution is 0.0698. The Labute approximate surface area is 129 Å². The second-order valence-electron chi connectivity index (χ2n) is 4.84. The Morgan fingerprint density at radius 1 is 1.38 bits per heavy atom. The maximum atomic E-state index is 11.9. The van der Waals surface area contributed by atoms with E-state index in [4.69, 9.17) is 5.11 Å². The molecule has 0 radical (unpaired) electrons. The highest BCUT2D eigenvalue weighted by Gasteiger charge is 2.13. The number of carboxylic acid groups (broad SMARTS) is 1. The van der Waals surface area contributed by atoms with Crippen molar-refractivity contribution in [1.82, 2.24) is 5.32 Å². The number of thioether (sulfide) groups is 1. The number of carbonyl (C=O) groups is 2. The van der Waals surface area contributed by atoms with E-state index in [1.54, 1.807) is 18.2 Å². The molecule has 0 saturated heterocycles. The third-order valence-electron chi connectivity index (χ3n) is 2.93. The van der Waals surface area contributed by atoms with Gasteiger partial charge in [0.05, 0.1) is 11.3 Å². The Morgan fingerprint density at radius 2 is 2.10 bits per heavy atom. The lowest BCUT2D eigenvalue weighted by atomic mass is 10.1. The number of amides is 2. The number of aryl methyl sites for hydroxylation is 1. The van der Waals surface area contributed by atoms with E-state index in [9.17, 15) is 9.59 Å². The molecule has 0 aliphatic heterocycles. The van der Waals surface area contributed by atoms with Gasteiger partial charge in [-0.1, -0.05) is 18.6 Å². The van der Waals surface area contributed by atoms with Crippen LogP contribution in [0, 0.1) is 6.92 Å². The molecular weight excluding hydrogens is 288 g/mol. The number of urea groups is 1. The summed E-state index contributed by atoms with van der Waals surface area (Å²) in [5.74, 6) is 0.994. The molecule has 0 aliphatic rings. The summed E-state index contributed by atoms with van der Waals surface area (Å²) in [7, 11) is 0. The molecule has 0 aromatic heterocycles. The molecule has 1 rings (SSSR count). The molecule has 0 fully saturated rings. The highest BCUT2D eigenvalue weighted by Crippen LogP contribution is 2.17. The second-order valence-corrected chi connectivity index (χ2v) is 6.23. The Morgan fingerprint density at radius 3 is 2.71 bits per heavy atom. The molecule has 0 spiro atoms. The highest BCUT2D eigenvalue weighted by molar-refractivity contribution is 7.99. The monoisotopic (exact) mass is 310 g/mol. The average molecular weight is 310 g/mol. The van der Waals surface area contributed by atoms with Gasteiger partial charge in [0.1, 0.15) is 0 Å². The SMILES string of the molecule is CCSCCC(C)NC(=O)Nc1ccc(C)cc1C(=O)O. The van der Waals surface area contributed by atoms with E-state index >= 15 is 0 Å². The number of rotatable bonds is 7. The molecule has 21 heavy (non-hydrogen) atoms. The summed E-state index contributed by atoms with van der Waals surface area (Å²) in [4.78, 5) is 23.1. The fraction of sp³-hybridized carbons (Fsp3) is 0.467. The summed E-state index contributed by atoms with van der Waals surface area (Å²) in [6, 6.07) is 4.58. The van der Waals surface area contributed by atoms with Crippen LogP contribution < -0.4 is 10.6 Å². The molecular formula is C15H22N2O3S. The molecule has 0 saturated carbocycles. The third kappa shape index (κ3) is 6.08. The van der Waals surface area contributed by atoms with Crippen LogP contribution in [-0.2, 0) is 0 Å². The Balaban J connectivity index is 2.60. The van der Waals surface area contributed by atoms with Crippen molar-refractivity contribution in [3.8, 4) is 0 Å². The molecule has 1 aromatic rings. The third-order valence-corrected chi connectivity index (χ3v) is 3.86. The van der Waals surface area contributed by atoms with Gasteiger partial charge in [0.15, 0.2) is 0 Å². The van der Waals surface area contributed by atoms with Crippen molar-refractivity contribution in [3.63, 3.8) is 0 Å². The molecule has 5 nitrogen and oxygen atoms in total. The summed E-state index contributed by atoms with van der Waals surface area (Å²) >= 11 is 1.83. The quantitative estimate of drug-likeness (QED) is 0.675. The van der Waals surface area contributed by atoms with Crippen molar-refractivity contribution in [2.24, 2.45) is 0 Å². The Bertz CT molecular complexity index is 506. The van der Waals surface area contributed by atoms with E-state index in [1.807, 2.05) is 25.6 Å². The molecule has 0 heterocycles. The summed E-state index contributed by atoms with van der Waals surface area (Å²) in [5, 5.41) is 14.6. The maximum absolute atomic E-state index is 11.9. The van der Waals surface area contributed by atoms with Crippen molar-refractivity contribution in [3.05, 3.63) is 29.3 Å². The van der Waals surface area contributed by atoms with Crippen LogP contribution in [0.1, 0.15) is 36.2 Å². The number of hydrogen-bond acceptors (Lipinski definition) is 3. The minimum atomic E-state index is -1.05. The number of anilines is 1. The predicted octanol–water partition coefficient (Wildman–Crippen LogP) is 3.35. The number of hydrogen-bond donors (Lipinski definition) is 3. The standard InChI is InChI=1S/C15H22N2O3S/c1-4-21-8-7-11(3)16-15(20)17-13-6-5-10(2)9-12(13)14(18)19/h5-6,9,11H,4,7-8H2,1-3H3,(H,18,19)(H2,16,17,20). The van der Waals surface area contributed by atoms with Gasteiger partial charge in [-0.2, -0.15) is 11.8 Å². The van der Waals surface area contributed by atoms with E-state index < -0.39 is 5.97 Å². The minimum absolute atomic E-state index is 0.0442. The summed E-state index contributed by atoms with van der Waals surface area (Å²) < 4.78 is 0. The van der Waals surface area contributed by atoms with Gasteiger partial charge < -0.3 is 15.7 Å². The van der Waals surface area contributed by atoms with Gasteiger partial charge in [0.25, 0.3) is 0 Å². The van der Waals surface area contributed by atoms with E-state index in [2.05, 4.69) is 17.6 Å². The maximum Gasteiger partial charge on any atom is 0.337 e. The van der Waals surface area contributed by atoms with Gasteiger partial charge in [-0.05, 0) is 43.9 Å². The number of benzene rings is 1. The zero-order chi connectivity index (χ0) is 15.8. The zero-order valence-electron chi connectivity index (χ0n) is 12.6. The molecule has 116 valence electrons. The fourth-order valence-electron chi connectivity index (χ4n) is 1.80.